The van der Waals surface area contributed by atoms with Crippen LogP contribution < -0.4 is 10.5 Å². The lowest BCUT2D eigenvalue weighted by Crippen LogP contribution is -1.94. The van der Waals surface area contributed by atoms with Crippen molar-refractivity contribution >= 4 is 17.4 Å². The summed E-state index contributed by atoms with van der Waals surface area (Å²) in [5.41, 5.74) is 6.66. The molecule has 4 nitrogen and oxygen atoms in total. The molecule has 0 aliphatic rings. The first-order valence-electron chi connectivity index (χ1n) is 5.26. The number of nitrogen functional groups attached to an aromatic ring is 1. The first-order valence-corrected chi connectivity index (χ1v) is 6.07. The second-order valence-corrected chi connectivity index (χ2v) is 4.74. The molecule has 0 bridgehead atoms. The Balaban J connectivity index is 2.33. The third-order valence-corrected chi connectivity index (χ3v) is 3.37. The van der Waals surface area contributed by atoms with E-state index in [0.29, 0.717) is 15.9 Å². The predicted octanol–water partition coefficient (Wildman–Crippen LogP) is 3.17. The molecule has 0 aliphatic heterocycles. The number of aryl methyl sites for hydroxylation is 2. The van der Waals surface area contributed by atoms with Gasteiger partial charge in [0.1, 0.15) is 17.3 Å². The zero-order chi connectivity index (χ0) is 13.3. The summed E-state index contributed by atoms with van der Waals surface area (Å²) in [6.07, 6.45) is 0. The van der Waals surface area contributed by atoms with Gasteiger partial charge in [0, 0.05) is 6.07 Å². The highest BCUT2D eigenvalue weighted by Crippen LogP contribution is 2.35. The van der Waals surface area contributed by atoms with Crippen LogP contribution >= 0.6 is 11.8 Å². The molecule has 18 heavy (non-hydrogen) atoms. The van der Waals surface area contributed by atoms with E-state index in [1.807, 2.05) is 13.8 Å². The first kappa shape index (κ1) is 12.8. The van der Waals surface area contributed by atoms with Crippen LogP contribution in [0, 0.1) is 19.7 Å². The SMILES string of the molecule is COc1cc(Sc2nc(C)c(C)o2)c(F)cc1N. The highest BCUT2D eigenvalue weighted by atomic mass is 32.2. The van der Waals surface area contributed by atoms with Crippen LogP contribution in [0.1, 0.15) is 11.5 Å². The van der Waals surface area contributed by atoms with Gasteiger partial charge < -0.3 is 14.9 Å². The zero-order valence-corrected chi connectivity index (χ0v) is 11.1. The van der Waals surface area contributed by atoms with E-state index in [-0.39, 0.29) is 5.69 Å². The number of hydrogen-bond donors (Lipinski definition) is 1. The van der Waals surface area contributed by atoms with E-state index in [1.165, 1.54) is 19.2 Å². The smallest absolute Gasteiger partial charge is 0.261 e. The van der Waals surface area contributed by atoms with Crippen molar-refractivity contribution in [1.29, 1.82) is 0 Å². The Morgan fingerprint density at radius 1 is 1.39 bits per heavy atom. The summed E-state index contributed by atoms with van der Waals surface area (Å²) in [6.45, 7) is 3.65. The van der Waals surface area contributed by atoms with Gasteiger partial charge in [0.15, 0.2) is 0 Å². The fourth-order valence-electron chi connectivity index (χ4n) is 1.39. The highest BCUT2D eigenvalue weighted by Gasteiger charge is 2.13. The molecule has 0 aliphatic carbocycles. The summed E-state index contributed by atoms with van der Waals surface area (Å²) < 4.78 is 24.2. The van der Waals surface area contributed by atoms with E-state index in [4.69, 9.17) is 14.9 Å². The van der Waals surface area contributed by atoms with Gasteiger partial charge in [-0.2, -0.15) is 0 Å². The number of benzene rings is 1. The Morgan fingerprint density at radius 3 is 2.67 bits per heavy atom. The molecule has 0 amide bonds. The van der Waals surface area contributed by atoms with Gasteiger partial charge in [-0.25, -0.2) is 9.37 Å². The topological polar surface area (TPSA) is 61.3 Å². The molecule has 0 fully saturated rings. The number of nitrogens with two attached hydrogens (primary N) is 1. The Labute approximate surface area is 108 Å². The molecule has 2 aromatic rings. The first-order chi connectivity index (χ1) is 8.51. The standard InChI is InChI=1S/C12H13FN2O2S/c1-6-7(2)17-12(15-6)18-11-5-10(16-3)9(14)4-8(11)13/h4-5H,14H2,1-3H3. The maximum absolute atomic E-state index is 13.7. The largest absolute Gasteiger partial charge is 0.495 e. The van der Waals surface area contributed by atoms with Crippen LogP contribution in [0.5, 0.6) is 5.75 Å². The van der Waals surface area contributed by atoms with Crippen LogP contribution in [0.25, 0.3) is 0 Å². The number of methoxy groups -OCH3 is 1. The number of anilines is 1. The lowest BCUT2D eigenvalue weighted by atomic mass is 10.3. The van der Waals surface area contributed by atoms with Crippen molar-refractivity contribution in [2.45, 2.75) is 24.0 Å². The van der Waals surface area contributed by atoms with E-state index in [0.717, 1.165) is 23.2 Å². The van der Waals surface area contributed by atoms with Crippen molar-refractivity contribution < 1.29 is 13.5 Å². The van der Waals surface area contributed by atoms with E-state index in [1.54, 1.807) is 0 Å². The molecule has 2 N–H and O–H groups in total. The van der Waals surface area contributed by atoms with Crippen LogP contribution in [-0.4, -0.2) is 12.1 Å². The molecule has 0 saturated heterocycles. The molecule has 1 aromatic carbocycles. The summed E-state index contributed by atoms with van der Waals surface area (Å²) in [7, 11) is 1.48. The van der Waals surface area contributed by atoms with E-state index in [2.05, 4.69) is 4.98 Å². The van der Waals surface area contributed by atoms with E-state index >= 15 is 0 Å². The number of nitrogens with zero attached hydrogens (tertiary/aromatic N) is 1. The molecule has 1 aromatic heterocycles. The van der Waals surface area contributed by atoms with Gasteiger partial charge in [0.25, 0.3) is 5.22 Å². The molecule has 0 saturated carbocycles. The van der Waals surface area contributed by atoms with Gasteiger partial charge in [-0.05, 0) is 31.7 Å². The normalized spacial score (nSPS) is 10.7. The van der Waals surface area contributed by atoms with Crippen molar-refractivity contribution in [3.63, 3.8) is 0 Å². The van der Waals surface area contributed by atoms with Crippen molar-refractivity contribution in [1.82, 2.24) is 4.98 Å². The Bertz CT molecular complexity index is 564. The fourth-order valence-corrected chi connectivity index (χ4v) is 2.25. The Kier molecular flexibility index (Phi) is 3.47. The van der Waals surface area contributed by atoms with Crippen LogP contribution in [0.15, 0.2) is 26.7 Å². The maximum atomic E-state index is 13.7. The van der Waals surface area contributed by atoms with Gasteiger partial charge in [0.05, 0.1) is 23.4 Å². The van der Waals surface area contributed by atoms with Crippen molar-refractivity contribution in [3.8, 4) is 5.75 Å². The summed E-state index contributed by atoms with van der Waals surface area (Å²) in [5, 5.41) is 0.399. The van der Waals surface area contributed by atoms with Gasteiger partial charge >= 0.3 is 0 Å². The molecular weight excluding hydrogens is 255 g/mol. The Hall–Kier alpha value is -1.69. The van der Waals surface area contributed by atoms with Crippen molar-refractivity contribution in [3.05, 3.63) is 29.4 Å². The summed E-state index contributed by atoms with van der Waals surface area (Å²) in [6, 6.07) is 2.76. The summed E-state index contributed by atoms with van der Waals surface area (Å²) in [5.74, 6) is 0.728. The molecular formula is C12H13FN2O2S. The average Bonchev–Trinajstić information content (AvgIpc) is 2.62. The second-order valence-electron chi connectivity index (χ2n) is 3.75. The molecule has 0 spiro atoms. The number of halogens is 1. The molecule has 0 atom stereocenters. The monoisotopic (exact) mass is 268 g/mol. The van der Waals surface area contributed by atoms with Crippen LogP contribution in [0.4, 0.5) is 10.1 Å². The van der Waals surface area contributed by atoms with Gasteiger partial charge in [0.2, 0.25) is 0 Å². The average molecular weight is 268 g/mol. The minimum atomic E-state index is -0.424. The van der Waals surface area contributed by atoms with Crippen molar-refractivity contribution in [2.24, 2.45) is 0 Å². The van der Waals surface area contributed by atoms with Gasteiger partial charge in [-0.3, -0.25) is 0 Å². The lowest BCUT2D eigenvalue weighted by Gasteiger charge is -2.07. The number of oxazole rings is 1. The van der Waals surface area contributed by atoms with Crippen LogP contribution in [-0.2, 0) is 0 Å². The summed E-state index contributed by atoms with van der Waals surface area (Å²) >= 11 is 1.10. The number of aromatic nitrogens is 1. The number of hydrogen-bond acceptors (Lipinski definition) is 5. The van der Waals surface area contributed by atoms with Gasteiger partial charge in [-0.15, -0.1) is 0 Å². The molecule has 1 heterocycles. The van der Waals surface area contributed by atoms with Crippen molar-refractivity contribution in [2.75, 3.05) is 12.8 Å². The summed E-state index contributed by atoms with van der Waals surface area (Å²) in [4.78, 5) is 4.55. The third kappa shape index (κ3) is 2.43. The number of rotatable bonds is 3. The molecule has 0 unspecified atom stereocenters. The zero-order valence-electron chi connectivity index (χ0n) is 10.3. The quantitative estimate of drug-likeness (QED) is 0.866. The number of ether oxygens (including phenoxy) is 1. The Morgan fingerprint density at radius 2 is 2.11 bits per heavy atom. The molecule has 96 valence electrons. The molecule has 0 radical (unpaired) electrons. The van der Waals surface area contributed by atoms with E-state index < -0.39 is 5.82 Å². The third-order valence-electron chi connectivity index (χ3n) is 2.49. The van der Waals surface area contributed by atoms with Crippen LogP contribution in [0.3, 0.4) is 0 Å². The lowest BCUT2D eigenvalue weighted by molar-refractivity contribution is 0.413. The van der Waals surface area contributed by atoms with Crippen LogP contribution in [0.2, 0.25) is 0 Å². The highest BCUT2D eigenvalue weighted by molar-refractivity contribution is 7.99. The predicted molar refractivity (Wildman–Crippen MR) is 67.5 cm³/mol. The minimum absolute atomic E-state index is 0.263. The molecule has 6 heteroatoms. The maximum Gasteiger partial charge on any atom is 0.261 e. The fraction of sp³-hybridized carbons (Fsp3) is 0.250. The second kappa shape index (κ2) is 4.89. The minimum Gasteiger partial charge on any atom is -0.495 e. The van der Waals surface area contributed by atoms with Gasteiger partial charge in [-0.1, -0.05) is 0 Å². The molecule has 2 rings (SSSR count). The van der Waals surface area contributed by atoms with E-state index in [9.17, 15) is 4.39 Å².